The van der Waals surface area contributed by atoms with Crippen molar-refractivity contribution in [2.45, 2.75) is 67.2 Å². The summed E-state index contributed by atoms with van der Waals surface area (Å²) in [6.07, 6.45) is 10.6. The molecule has 1 rings (SSSR count). The fourth-order valence-corrected chi connectivity index (χ4v) is 4.06. The van der Waals surface area contributed by atoms with Gasteiger partial charge in [0.25, 0.3) is 0 Å². The van der Waals surface area contributed by atoms with Gasteiger partial charge in [-0.3, -0.25) is 4.79 Å². The van der Waals surface area contributed by atoms with Crippen molar-refractivity contribution in [3.63, 3.8) is 0 Å². The summed E-state index contributed by atoms with van der Waals surface area (Å²) in [7, 11) is 0. The Kier molecular flexibility index (Phi) is 10.1. The van der Waals surface area contributed by atoms with Gasteiger partial charge in [-0.2, -0.15) is 0 Å². The molecule has 3 atom stereocenters. The van der Waals surface area contributed by atoms with Crippen molar-refractivity contribution < 1.29 is 24.2 Å². The van der Waals surface area contributed by atoms with Crippen molar-refractivity contribution in [1.82, 2.24) is 0 Å². The maximum Gasteiger partial charge on any atom is 0.335 e. The van der Waals surface area contributed by atoms with Crippen molar-refractivity contribution in [2.24, 2.45) is 17.3 Å². The van der Waals surface area contributed by atoms with E-state index in [-0.39, 0.29) is 42.9 Å². The fourth-order valence-electron chi connectivity index (χ4n) is 4.06. The van der Waals surface area contributed by atoms with Crippen molar-refractivity contribution >= 4 is 17.5 Å². The molecule has 0 spiro atoms. The third-order valence-corrected chi connectivity index (χ3v) is 5.41. The van der Waals surface area contributed by atoms with Crippen LogP contribution in [-0.4, -0.2) is 29.2 Å². The van der Waals surface area contributed by atoms with Crippen molar-refractivity contribution in [3.05, 3.63) is 47.3 Å². The minimum absolute atomic E-state index is 0.00633. The molecule has 166 valence electrons. The summed E-state index contributed by atoms with van der Waals surface area (Å²) in [6, 6.07) is 0. The van der Waals surface area contributed by atoms with Crippen molar-refractivity contribution in [3.8, 4) is 0 Å². The monoisotopic (exact) mass is 416 g/mol. The highest BCUT2D eigenvalue weighted by molar-refractivity contribution is 5.96. The van der Waals surface area contributed by atoms with Gasteiger partial charge in [0, 0.05) is 24.5 Å². The predicted molar refractivity (Wildman–Crippen MR) is 119 cm³/mol. The molecule has 5 nitrogen and oxygen atoms in total. The maximum absolute atomic E-state index is 12.7. The van der Waals surface area contributed by atoms with Gasteiger partial charge in [-0.15, -0.1) is 0 Å². The van der Waals surface area contributed by atoms with Crippen LogP contribution >= 0.6 is 0 Å². The Balaban J connectivity index is 3.35. The summed E-state index contributed by atoms with van der Waals surface area (Å²) in [5.74, 6) is -1.01. The topological polar surface area (TPSA) is 80.7 Å². The summed E-state index contributed by atoms with van der Waals surface area (Å²) < 4.78 is 5.22. The molecular weight excluding hydrogens is 380 g/mol. The van der Waals surface area contributed by atoms with Crippen LogP contribution in [0.2, 0.25) is 0 Å². The highest BCUT2D eigenvalue weighted by Gasteiger charge is 2.40. The zero-order chi connectivity index (χ0) is 22.9. The number of aliphatic hydroxyl groups excluding tert-OH is 1. The lowest BCUT2D eigenvalue weighted by Gasteiger charge is -2.37. The summed E-state index contributed by atoms with van der Waals surface area (Å²) in [5.41, 5.74) is 1.96. The molecule has 30 heavy (non-hydrogen) atoms. The summed E-state index contributed by atoms with van der Waals surface area (Å²) in [4.78, 5) is 36.5. The van der Waals surface area contributed by atoms with Gasteiger partial charge in [0.2, 0.25) is 0 Å². The molecule has 1 aliphatic rings. The Morgan fingerprint density at radius 3 is 2.40 bits per heavy atom. The number of rotatable bonds is 9. The molecule has 0 aliphatic heterocycles. The van der Waals surface area contributed by atoms with Crippen LogP contribution in [0.1, 0.15) is 67.2 Å². The molecule has 1 N–H and O–H groups in total. The fraction of sp³-hybridized carbons (Fsp3) is 0.560. The van der Waals surface area contributed by atoms with Crippen LogP contribution in [-0.2, 0) is 19.1 Å². The Morgan fingerprint density at radius 1 is 1.20 bits per heavy atom. The van der Waals surface area contributed by atoms with E-state index in [9.17, 15) is 19.5 Å². The van der Waals surface area contributed by atoms with E-state index in [1.54, 1.807) is 6.08 Å². The van der Waals surface area contributed by atoms with Crippen molar-refractivity contribution in [2.75, 3.05) is 6.61 Å². The van der Waals surface area contributed by atoms with Crippen LogP contribution in [0.3, 0.4) is 0 Å². The molecule has 0 heterocycles. The van der Waals surface area contributed by atoms with Crippen LogP contribution in [0.5, 0.6) is 0 Å². The number of ketones is 2. The van der Waals surface area contributed by atoms with Crippen LogP contribution < -0.4 is 0 Å². The second kappa shape index (κ2) is 11.8. The van der Waals surface area contributed by atoms with E-state index in [1.165, 1.54) is 24.8 Å². The van der Waals surface area contributed by atoms with Gasteiger partial charge in [-0.1, -0.05) is 30.2 Å². The van der Waals surface area contributed by atoms with Crippen LogP contribution in [0.4, 0.5) is 0 Å². The van der Waals surface area contributed by atoms with Gasteiger partial charge < -0.3 is 14.6 Å². The third kappa shape index (κ3) is 8.23. The number of hydrogen-bond acceptors (Lipinski definition) is 5. The number of allylic oxidation sites excluding steroid dienone is 5. The largest absolute Gasteiger partial charge is 0.432 e. The molecular formula is C25H36O5. The second-order valence-electron chi connectivity index (χ2n) is 8.96. The average Bonchev–Trinajstić information content (AvgIpc) is 2.69. The molecule has 0 saturated heterocycles. The smallest absolute Gasteiger partial charge is 0.335 e. The minimum atomic E-state index is -0.476. The van der Waals surface area contributed by atoms with E-state index in [1.807, 2.05) is 40.7 Å². The number of carbonyl (C=O) groups excluding carboxylic acids is 3. The highest BCUT2D eigenvalue weighted by atomic mass is 16.5. The van der Waals surface area contributed by atoms with Gasteiger partial charge in [0.1, 0.15) is 5.78 Å². The molecule has 0 amide bonds. The summed E-state index contributed by atoms with van der Waals surface area (Å²) >= 11 is 0. The van der Waals surface area contributed by atoms with Gasteiger partial charge in [0.15, 0.2) is 5.78 Å². The minimum Gasteiger partial charge on any atom is -0.432 e. The number of ether oxygens (including phenoxy) is 1. The molecule has 0 aromatic heterocycles. The predicted octanol–water partition coefficient (Wildman–Crippen LogP) is 4.87. The first-order valence-electron chi connectivity index (χ1n) is 10.5. The SMILES string of the molecule is CC(=O)C[C@H]1CC(=O)C(CO)=C[C@](C)(CCC=C(C)C)[C@H]1/C=C/OC(=O)C=C(C)C. The zero-order valence-electron chi connectivity index (χ0n) is 19.2. The zero-order valence-corrected chi connectivity index (χ0v) is 19.2. The van der Waals surface area contributed by atoms with Gasteiger partial charge in [0.05, 0.1) is 12.9 Å². The maximum atomic E-state index is 12.7. The molecule has 1 aliphatic carbocycles. The molecule has 5 heteroatoms. The second-order valence-corrected chi connectivity index (χ2v) is 8.96. The molecule has 0 saturated carbocycles. The first-order chi connectivity index (χ1) is 14.0. The first kappa shape index (κ1) is 25.8. The lowest BCUT2D eigenvalue weighted by molar-refractivity contribution is -0.132. The van der Waals surface area contributed by atoms with Crippen LogP contribution in [0.15, 0.2) is 47.3 Å². The Morgan fingerprint density at radius 2 is 1.87 bits per heavy atom. The standard InChI is InChI=1S/C25H36O5/c1-17(2)8-7-10-25(6)15-21(16-26)23(28)14-20(13-19(5)27)22(25)9-11-30-24(29)12-18(3)4/h8-9,11-12,15,20,22,26H,7,10,13-14,16H2,1-6H3/b11-9+/t20-,22-,25-/m0/s1. The Labute approximate surface area is 180 Å². The summed E-state index contributed by atoms with van der Waals surface area (Å²) in [5, 5.41) is 9.76. The molecule has 0 bridgehead atoms. The first-order valence-corrected chi connectivity index (χ1v) is 10.5. The van der Waals surface area contributed by atoms with E-state index >= 15 is 0 Å². The summed E-state index contributed by atoms with van der Waals surface area (Å²) in [6.45, 7) is 10.9. The van der Waals surface area contributed by atoms with Gasteiger partial charge in [-0.05, 0) is 70.8 Å². The van der Waals surface area contributed by atoms with E-state index in [0.29, 0.717) is 5.57 Å². The van der Waals surface area contributed by atoms with Gasteiger partial charge >= 0.3 is 5.97 Å². The quantitative estimate of drug-likeness (QED) is 0.251. The van der Waals surface area contributed by atoms with E-state index in [0.717, 1.165) is 18.4 Å². The third-order valence-electron chi connectivity index (χ3n) is 5.41. The molecule has 0 radical (unpaired) electrons. The lowest BCUT2D eigenvalue weighted by atomic mass is 9.67. The Hall–Kier alpha value is -2.27. The molecule has 0 aromatic carbocycles. The lowest BCUT2D eigenvalue weighted by Crippen LogP contribution is -2.31. The number of Topliss-reactive ketones (excluding diaryl/α,β-unsaturated/α-hetero) is 2. The number of hydrogen-bond donors (Lipinski definition) is 1. The van der Waals surface area contributed by atoms with Gasteiger partial charge in [-0.25, -0.2) is 4.79 Å². The Bertz CT molecular complexity index is 760. The molecule has 0 fully saturated rings. The van der Waals surface area contributed by atoms with Crippen LogP contribution in [0.25, 0.3) is 0 Å². The molecule has 0 aromatic rings. The van der Waals surface area contributed by atoms with E-state index in [4.69, 9.17) is 4.74 Å². The van der Waals surface area contributed by atoms with Crippen molar-refractivity contribution in [1.29, 1.82) is 0 Å². The van der Waals surface area contributed by atoms with Crippen LogP contribution in [0, 0.1) is 17.3 Å². The average molecular weight is 417 g/mol. The number of carbonyl (C=O) groups is 3. The number of esters is 1. The van der Waals surface area contributed by atoms with E-state index < -0.39 is 11.4 Å². The van der Waals surface area contributed by atoms with E-state index in [2.05, 4.69) is 6.08 Å². The highest BCUT2D eigenvalue weighted by Crippen LogP contribution is 2.45. The number of aliphatic hydroxyl groups is 1. The molecule has 0 unspecified atom stereocenters. The normalized spacial score (nSPS) is 24.1.